The van der Waals surface area contributed by atoms with E-state index in [-0.39, 0.29) is 5.54 Å². The van der Waals surface area contributed by atoms with Crippen molar-refractivity contribution in [1.82, 2.24) is 15.0 Å². The zero-order valence-electron chi connectivity index (χ0n) is 8.27. The first-order valence-corrected chi connectivity index (χ1v) is 5.04. The summed E-state index contributed by atoms with van der Waals surface area (Å²) in [5.41, 5.74) is 7.70. The molecule has 1 saturated carbocycles. The molecular weight excluding hydrogens is 188 g/mol. The number of rotatable bonds is 2. The third-order valence-corrected chi connectivity index (χ3v) is 2.76. The Hall–Kier alpha value is -1.68. The molecule has 3 rings (SSSR count). The summed E-state index contributed by atoms with van der Waals surface area (Å²) in [5.74, 6) is 0.759. The maximum atomic E-state index is 6.05. The molecule has 1 aliphatic carbocycles. The van der Waals surface area contributed by atoms with E-state index in [1.54, 1.807) is 6.20 Å². The topological polar surface area (TPSA) is 67.6 Å². The van der Waals surface area contributed by atoms with Gasteiger partial charge in [0.25, 0.3) is 0 Å². The fraction of sp³-hybridized carbons (Fsp3) is 0.273. The van der Waals surface area contributed by atoms with Crippen LogP contribution in [0, 0.1) is 0 Å². The third-order valence-electron chi connectivity index (χ3n) is 2.76. The van der Waals surface area contributed by atoms with Crippen LogP contribution in [0.2, 0.25) is 0 Å². The highest BCUT2D eigenvalue weighted by Gasteiger charge is 2.43. The predicted molar refractivity (Wildman–Crippen MR) is 56.9 cm³/mol. The fourth-order valence-corrected chi connectivity index (χ4v) is 1.60. The lowest BCUT2D eigenvalue weighted by molar-refractivity contribution is 0.673. The molecular formula is C11H12N4. The molecule has 4 nitrogen and oxygen atoms in total. The zero-order valence-corrected chi connectivity index (χ0v) is 8.27. The van der Waals surface area contributed by atoms with E-state index in [2.05, 4.69) is 15.0 Å². The standard InChI is InChI=1S/C11H12N4/c12-11(4-5-11)10-14-7-3-9(15-10)8-2-1-6-13-8/h1-3,6-7,13H,4-5,12H2. The Balaban J connectivity index is 2.04. The van der Waals surface area contributed by atoms with Crippen LogP contribution in [0.25, 0.3) is 11.4 Å². The maximum Gasteiger partial charge on any atom is 0.148 e. The minimum absolute atomic E-state index is 0.261. The molecule has 4 heteroatoms. The summed E-state index contributed by atoms with van der Waals surface area (Å²) >= 11 is 0. The van der Waals surface area contributed by atoms with Crippen molar-refractivity contribution in [3.8, 4) is 11.4 Å². The Morgan fingerprint density at radius 1 is 1.33 bits per heavy atom. The molecule has 0 aromatic carbocycles. The molecule has 76 valence electrons. The molecule has 3 N–H and O–H groups in total. The molecule has 0 unspecified atom stereocenters. The van der Waals surface area contributed by atoms with Crippen LogP contribution in [0.4, 0.5) is 0 Å². The minimum atomic E-state index is -0.261. The Labute approximate surface area is 87.6 Å². The van der Waals surface area contributed by atoms with E-state index in [9.17, 15) is 0 Å². The van der Waals surface area contributed by atoms with Crippen LogP contribution in [-0.4, -0.2) is 15.0 Å². The maximum absolute atomic E-state index is 6.05. The van der Waals surface area contributed by atoms with Gasteiger partial charge in [0.1, 0.15) is 5.82 Å². The van der Waals surface area contributed by atoms with Gasteiger partial charge in [0.2, 0.25) is 0 Å². The SMILES string of the molecule is NC1(c2nccc(-c3ccc[nH]3)n2)CC1. The van der Waals surface area contributed by atoms with Crippen molar-refractivity contribution in [2.24, 2.45) is 5.73 Å². The third kappa shape index (κ3) is 1.43. The second-order valence-electron chi connectivity index (χ2n) is 4.01. The van der Waals surface area contributed by atoms with Crippen LogP contribution >= 0.6 is 0 Å². The number of H-pyrrole nitrogens is 1. The van der Waals surface area contributed by atoms with Crippen LogP contribution in [0.15, 0.2) is 30.6 Å². The lowest BCUT2D eigenvalue weighted by Gasteiger charge is -2.07. The van der Waals surface area contributed by atoms with Crippen molar-refractivity contribution >= 4 is 0 Å². The molecule has 2 aromatic heterocycles. The molecule has 2 heterocycles. The molecule has 0 spiro atoms. The second kappa shape index (κ2) is 2.90. The summed E-state index contributed by atoms with van der Waals surface area (Å²) in [7, 11) is 0. The minimum Gasteiger partial charge on any atom is -0.360 e. The summed E-state index contributed by atoms with van der Waals surface area (Å²) in [6.45, 7) is 0. The molecule has 0 radical (unpaired) electrons. The Bertz CT molecular complexity index is 471. The van der Waals surface area contributed by atoms with Gasteiger partial charge in [0.05, 0.1) is 16.9 Å². The molecule has 0 bridgehead atoms. The smallest absolute Gasteiger partial charge is 0.148 e. The summed E-state index contributed by atoms with van der Waals surface area (Å²) in [6, 6.07) is 5.83. The summed E-state index contributed by atoms with van der Waals surface area (Å²) in [4.78, 5) is 11.8. The van der Waals surface area contributed by atoms with Crippen LogP contribution in [-0.2, 0) is 5.54 Å². The predicted octanol–water partition coefficient (Wildman–Crippen LogP) is 1.42. The fourth-order valence-electron chi connectivity index (χ4n) is 1.60. The Kier molecular flexibility index (Phi) is 1.67. The van der Waals surface area contributed by atoms with Crippen molar-refractivity contribution in [2.45, 2.75) is 18.4 Å². The van der Waals surface area contributed by atoms with Crippen LogP contribution in [0.5, 0.6) is 0 Å². The zero-order chi connectivity index (χ0) is 10.3. The number of aromatic amines is 1. The van der Waals surface area contributed by atoms with Gasteiger partial charge in [0, 0.05) is 12.4 Å². The van der Waals surface area contributed by atoms with E-state index in [0.717, 1.165) is 30.1 Å². The number of nitrogens with two attached hydrogens (primary N) is 1. The quantitative estimate of drug-likeness (QED) is 0.770. The van der Waals surface area contributed by atoms with Crippen molar-refractivity contribution < 1.29 is 0 Å². The largest absolute Gasteiger partial charge is 0.360 e. The van der Waals surface area contributed by atoms with E-state index in [1.165, 1.54) is 0 Å². The number of nitrogens with zero attached hydrogens (tertiary/aromatic N) is 2. The lowest BCUT2D eigenvalue weighted by atomic mass is 10.2. The van der Waals surface area contributed by atoms with Gasteiger partial charge in [0.15, 0.2) is 0 Å². The first kappa shape index (κ1) is 8.61. The van der Waals surface area contributed by atoms with Gasteiger partial charge in [-0.15, -0.1) is 0 Å². The average molecular weight is 200 g/mol. The van der Waals surface area contributed by atoms with Crippen molar-refractivity contribution in [3.05, 3.63) is 36.4 Å². The molecule has 1 aliphatic rings. The average Bonchev–Trinajstić information content (AvgIpc) is 2.84. The van der Waals surface area contributed by atoms with Crippen molar-refractivity contribution in [2.75, 3.05) is 0 Å². The molecule has 1 fully saturated rings. The van der Waals surface area contributed by atoms with Gasteiger partial charge in [-0.3, -0.25) is 0 Å². The Morgan fingerprint density at radius 2 is 2.20 bits per heavy atom. The number of hydrogen-bond donors (Lipinski definition) is 2. The first-order chi connectivity index (χ1) is 7.28. The van der Waals surface area contributed by atoms with Gasteiger partial charge in [-0.05, 0) is 31.0 Å². The monoisotopic (exact) mass is 200 g/mol. The van der Waals surface area contributed by atoms with Gasteiger partial charge >= 0.3 is 0 Å². The number of nitrogens with one attached hydrogen (secondary N) is 1. The second-order valence-corrected chi connectivity index (χ2v) is 4.01. The van der Waals surface area contributed by atoms with E-state index in [1.807, 2.05) is 24.4 Å². The molecule has 0 saturated heterocycles. The van der Waals surface area contributed by atoms with Gasteiger partial charge < -0.3 is 10.7 Å². The van der Waals surface area contributed by atoms with Gasteiger partial charge in [-0.1, -0.05) is 0 Å². The van der Waals surface area contributed by atoms with E-state index < -0.39 is 0 Å². The number of hydrogen-bond acceptors (Lipinski definition) is 3. The summed E-state index contributed by atoms with van der Waals surface area (Å²) in [6.07, 6.45) is 5.63. The van der Waals surface area contributed by atoms with E-state index in [0.29, 0.717) is 0 Å². The number of aromatic nitrogens is 3. The highest BCUT2D eigenvalue weighted by Crippen LogP contribution is 2.40. The molecule has 0 amide bonds. The van der Waals surface area contributed by atoms with Gasteiger partial charge in [-0.2, -0.15) is 0 Å². The first-order valence-electron chi connectivity index (χ1n) is 5.04. The van der Waals surface area contributed by atoms with E-state index >= 15 is 0 Å². The van der Waals surface area contributed by atoms with Crippen molar-refractivity contribution in [3.63, 3.8) is 0 Å². The summed E-state index contributed by atoms with van der Waals surface area (Å²) < 4.78 is 0. The van der Waals surface area contributed by atoms with Crippen LogP contribution < -0.4 is 5.73 Å². The molecule has 15 heavy (non-hydrogen) atoms. The molecule has 0 atom stereocenters. The van der Waals surface area contributed by atoms with E-state index in [4.69, 9.17) is 5.73 Å². The lowest BCUT2D eigenvalue weighted by Crippen LogP contribution is -2.22. The molecule has 2 aromatic rings. The van der Waals surface area contributed by atoms with Gasteiger partial charge in [-0.25, -0.2) is 9.97 Å². The van der Waals surface area contributed by atoms with Crippen molar-refractivity contribution in [1.29, 1.82) is 0 Å². The van der Waals surface area contributed by atoms with Crippen LogP contribution in [0.1, 0.15) is 18.7 Å². The van der Waals surface area contributed by atoms with Crippen LogP contribution in [0.3, 0.4) is 0 Å². The Morgan fingerprint density at radius 3 is 2.87 bits per heavy atom. The highest BCUT2D eigenvalue weighted by molar-refractivity contribution is 5.53. The highest BCUT2D eigenvalue weighted by atomic mass is 15.0. The normalized spacial score (nSPS) is 17.7. The summed E-state index contributed by atoms with van der Waals surface area (Å²) in [5, 5.41) is 0. The molecule has 0 aliphatic heterocycles.